The van der Waals surface area contributed by atoms with Gasteiger partial charge in [-0.25, -0.2) is 0 Å². The van der Waals surface area contributed by atoms with E-state index in [1.807, 2.05) is 6.92 Å². The second-order valence-corrected chi connectivity index (χ2v) is 2.17. The van der Waals surface area contributed by atoms with E-state index in [-0.39, 0.29) is 31.0 Å². The summed E-state index contributed by atoms with van der Waals surface area (Å²) in [6.45, 7) is 5.56. The Morgan fingerprint density at radius 1 is 1.57 bits per heavy atom. The Morgan fingerprint density at radius 3 is 1.71 bits per heavy atom. The maximum Gasteiger partial charge on any atom is 1.00 e. The molecule has 0 spiro atoms. The molecule has 0 saturated heterocycles. The number of hydrogen-bond donors (Lipinski definition) is 1. The summed E-state index contributed by atoms with van der Waals surface area (Å²) >= 11 is 0. The minimum atomic E-state index is -0.458. The molecule has 0 bridgehead atoms. The van der Waals surface area contributed by atoms with Crippen LogP contribution in [0.3, 0.4) is 0 Å². The molecule has 0 amide bonds. The molecule has 0 heterocycles. The predicted octanol–water partition coefficient (Wildman–Crippen LogP) is -1.72. The molecule has 0 aromatic heterocycles. The zero-order valence-electron chi connectivity index (χ0n) is 6.65. The van der Waals surface area contributed by atoms with Crippen LogP contribution in [0.2, 0.25) is 0 Å². The van der Waals surface area contributed by atoms with Gasteiger partial charge < -0.3 is 6.53 Å². The first-order chi connectivity index (χ1) is 2.56. The molecule has 0 rings (SSSR count). The third kappa shape index (κ3) is 10.9. The van der Waals surface area contributed by atoms with Crippen molar-refractivity contribution >= 4 is 0 Å². The molecule has 40 valence electrons. The fraction of sp³-hybridized carbons (Fsp3) is 1.00. The first kappa shape index (κ1) is 10.9. The van der Waals surface area contributed by atoms with Crippen LogP contribution in [-0.4, -0.2) is 10.7 Å². The molecule has 0 fully saturated rings. The Hall–Kier alpha value is 0.960. The van der Waals surface area contributed by atoms with E-state index in [4.69, 9.17) is 5.11 Å². The van der Waals surface area contributed by atoms with Crippen LogP contribution in [0.15, 0.2) is 0 Å². The summed E-state index contributed by atoms with van der Waals surface area (Å²) in [5.41, 5.74) is -0.458. The minimum absolute atomic E-state index is 0. The zero-order chi connectivity index (χ0) is 5.21. The molecule has 0 aromatic rings. The Kier molecular flexibility index (Phi) is 6.05. The van der Waals surface area contributed by atoms with Crippen molar-refractivity contribution in [1.29, 1.82) is 0 Å². The summed E-state index contributed by atoms with van der Waals surface area (Å²) in [6, 6.07) is 0. The van der Waals surface area contributed by atoms with Gasteiger partial charge in [-0.3, -0.25) is 0 Å². The molecule has 0 radical (unpaired) electrons. The minimum Gasteiger partial charge on any atom is -1.00 e. The van der Waals surface area contributed by atoms with Crippen LogP contribution >= 0.6 is 0 Å². The van der Waals surface area contributed by atoms with Crippen LogP contribution in [0.25, 0.3) is 0 Å². The fourth-order valence-corrected chi connectivity index (χ4v) is 0. The topological polar surface area (TPSA) is 20.2 Å². The summed E-state index contributed by atoms with van der Waals surface area (Å²) in [5.74, 6) is 0. The van der Waals surface area contributed by atoms with Crippen molar-refractivity contribution in [3.8, 4) is 0 Å². The maximum absolute atomic E-state index is 8.83. The molecule has 1 nitrogen and oxygen atoms in total. The van der Waals surface area contributed by atoms with Crippen molar-refractivity contribution < 1.29 is 36.1 Å². The van der Waals surface area contributed by atoms with Gasteiger partial charge in [0.1, 0.15) is 0 Å². The van der Waals surface area contributed by atoms with E-state index in [2.05, 4.69) is 0 Å². The molecule has 0 aliphatic rings. The van der Waals surface area contributed by atoms with Gasteiger partial charge >= 0.3 is 29.6 Å². The molecule has 0 saturated carbocycles. The number of rotatable bonds is 1. The van der Waals surface area contributed by atoms with Crippen LogP contribution in [0.5, 0.6) is 0 Å². The molecular formula is C5H13NaO. The Labute approximate surface area is 68.9 Å². The SMILES string of the molecule is CCC(C)(C)O.[H-].[Na+]. The monoisotopic (exact) mass is 112 g/mol. The van der Waals surface area contributed by atoms with Gasteiger partial charge in [-0.2, -0.15) is 0 Å². The second-order valence-electron chi connectivity index (χ2n) is 2.17. The van der Waals surface area contributed by atoms with Crippen molar-refractivity contribution in [2.75, 3.05) is 0 Å². The van der Waals surface area contributed by atoms with E-state index in [0.29, 0.717) is 0 Å². The van der Waals surface area contributed by atoms with E-state index in [9.17, 15) is 0 Å². The summed E-state index contributed by atoms with van der Waals surface area (Å²) < 4.78 is 0. The molecule has 1 N–H and O–H groups in total. The molecule has 0 aliphatic heterocycles. The van der Waals surface area contributed by atoms with E-state index in [1.54, 1.807) is 13.8 Å². The Balaban J connectivity index is -0.000000125. The van der Waals surface area contributed by atoms with Gasteiger partial charge in [0, 0.05) is 0 Å². The predicted molar refractivity (Wildman–Crippen MR) is 27.7 cm³/mol. The van der Waals surface area contributed by atoms with Crippen molar-refractivity contribution in [3.05, 3.63) is 0 Å². The Morgan fingerprint density at radius 2 is 1.71 bits per heavy atom. The van der Waals surface area contributed by atoms with Crippen LogP contribution in [0.4, 0.5) is 0 Å². The van der Waals surface area contributed by atoms with Gasteiger partial charge in [0.05, 0.1) is 5.60 Å². The summed E-state index contributed by atoms with van der Waals surface area (Å²) in [7, 11) is 0. The van der Waals surface area contributed by atoms with Gasteiger partial charge in [-0.1, -0.05) is 6.92 Å². The van der Waals surface area contributed by atoms with Crippen LogP contribution in [0, 0.1) is 0 Å². The van der Waals surface area contributed by atoms with Crippen LogP contribution < -0.4 is 29.6 Å². The molecular weight excluding hydrogens is 99.0 g/mol. The van der Waals surface area contributed by atoms with Gasteiger partial charge in [-0.15, -0.1) is 0 Å². The molecule has 7 heavy (non-hydrogen) atoms. The quantitative estimate of drug-likeness (QED) is 0.400. The summed E-state index contributed by atoms with van der Waals surface area (Å²) in [5, 5.41) is 8.83. The van der Waals surface area contributed by atoms with Gasteiger partial charge in [0.25, 0.3) is 0 Å². The van der Waals surface area contributed by atoms with E-state index in [0.717, 1.165) is 6.42 Å². The Bertz CT molecular complexity index is 42.2. The largest absolute Gasteiger partial charge is 1.00 e. The zero-order valence-corrected chi connectivity index (χ0v) is 7.65. The fourth-order valence-electron chi connectivity index (χ4n) is 0. The average molecular weight is 112 g/mol. The first-order valence-electron chi connectivity index (χ1n) is 2.28. The second kappa shape index (κ2) is 3.90. The summed E-state index contributed by atoms with van der Waals surface area (Å²) in [4.78, 5) is 0. The molecule has 0 aromatic carbocycles. The van der Waals surface area contributed by atoms with Crippen LogP contribution in [-0.2, 0) is 0 Å². The van der Waals surface area contributed by atoms with Gasteiger partial charge in [0.2, 0.25) is 0 Å². The normalized spacial score (nSPS) is 10.3. The smallest absolute Gasteiger partial charge is 1.00 e. The third-order valence-electron chi connectivity index (χ3n) is 0.865. The standard InChI is InChI=1S/C5H12O.Na.H/c1-4-5(2,3)6;;/h6H,4H2,1-3H3;;/q;+1;-1. The maximum atomic E-state index is 8.83. The van der Waals surface area contributed by atoms with E-state index >= 15 is 0 Å². The summed E-state index contributed by atoms with van der Waals surface area (Å²) in [6.07, 6.45) is 0.826. The third-order valence-corrected chi connectivity index (χ3v) is 0.865. The van der Waals surface area contributed by atoms with Crippen molar-refractivity contribution in [2.24, 2.45) is 0 Å². The van der Waals surface area contributed by atoms with Gasteiger partial charge in [0.15, 0.2) is 0 Å². The molecule has 0 unspecified atom stereocenters. The van der Waals surface area contributed by atoms with E-state index in [1.165, 1.54) is 0 Å². The molecule has 0 atom stereocenters. The molecule has 2 heteroatoms. The van der Waals surface area contributed by atoms with Gasteiger partial charge in [-0.05, 0) is 20.3 Å². The average Bonchev–Trinajstić information content (AvgIpc) is 1.35. The van der Waals surface area contributed by atoms with Crippen LogP contribution in [0.1, 0.15) is 28.6 Å². The molecule has 0 aliphatic carbocycles. The first-order valence-corrected chi connectivity index (χ1v) is 2.28. The van der Waals surface area contributed by atoms with E-state index < -0.39 is 5.60 Å². The van der Waals surface area contributed by atoms with Crippen molar-refractivity contribution in [1.82, 2.24) is 0 Å². The number of hydrogen-bond acceptors (Lipinski definition) is 1. The van der Waals surface area contributed by atoms with Crippen molar-refractivity contribution in [2.45, 2.75) is 32.8 Å². The number of aliphatic hydroxyl groups is 1. The van der Waals surface area contributed by atoms with Crippen molar-refractivity contribution in [3.63, 3.8) is 0 Å².